The molecule has 0 saturated heterocycles. The van der Waals surface area contributed by atoms with Crippen molar-refractivity contribution in [3.05, 3.63) is 24.3 Å². The molecule has 0 radical (unpaired) electrons. The molecule has 0 aliphatic carbocycles. The minimum atomic E-state index is -4.72. The van der Waals surface area contributed by atoms with E-state index < -0.39 is 23.7 Å². The maximum atomic E-state index is 13.7. The zero-order chi connectivity index (χ0) is 21.7. The molecular formula is C21H25F3N4OS. The molecule has 0 saturated carbocycles. The number of aliphatic imine (C=N–C) groups is 1. The summed E-state index contributed by atoms with van der Waals surface area (Å²) in [6.07, 6.45) is 0.642. The lowest BCUT2D eigenvalue weighted by Gasteiger charge is -2.15. The van der Waals surface area contributed by atoms with Gasteiger partial charge in [0.15, 0.2) is 5.71 Å². The second-order valence-electron chi connectivity index (χ2n) is 7.17. The Morgan fingerprint density at radius 2 is 1.90 bits per heavy atom. The average Bonchev–Trinajstić information content (AvgIpc) is 3.28. The van der Waals surface area contributed by atoms with E-state index in [0.717, 1.165) is 53.1 Å². The molecule has 30 heavy (non-hydrogen) atoms. The SMILES string of the molecule is CCCCCCCN=C(CC)C1C(=O)N(c2nc3ccccc3s2)N=C1C(F)(F)F. The fraction of sp³-hybridized carbons (Fsp3) is 0.524. The van der Waals surface area contributed by atoms with Crippen LogP contribution in [0.4, 0.5) is 18.3 Å². The lowest BCUT2D eigenvalue weighted by atomic mass is 9.95. The fourth-order valence-corrected chi connectivity index (χ4v) is 4.33. The van der Waals surface area contributed by atoms with Crippen LogP contribution >= 0.6 is 11.3 Å². The maximum Gasteiger partial charge on any atom is 0.432 e. The van der Waals surface area contributed by atoms with Crippen molar-refractivity contribution in [2.45, 2.75) is 58.5 Å². The van der Waals surface area contributed by atoms with Crippen molar-refractivity contribution in [2.75, 3.05) is 11.6 Å². The highest BCUT2D eigenvalue weighted by Gasteiger charge is 2.52. The molecule has 1 amide bonds. The van der Waals surface area contributed by atoms with Crippen molar-refractivity contribution in [1.29, 1.82) is 0 Å². The van der Waals surface area contributed by atoms with E-state index in [1.54, 1.807) is 25.1 Å². The van der Waals surface area contributed by atoms with E-state index in [9.17, 15) is 18.0 Å². The molecule has 162 valence electrons. The van der Waals surface area contributed by atoms with Crippen molar-refractivity contribution < 1.29 is 18.0 Å². The Balaban J connectivity index is 1.85. The molecule has 0 fully saturated rings. The predicted octanol–water partition coefficient (Wildman–Crippen LogP) is 6.00. The average molecular weight is 439 g/mol. The molecule has 0 spiro atoms. The molecule has 1 aliphatic rings. The summed E-state index contributed by atoms with van der Waals surface area (Å²) in [5.41, 5.74) is -0.262. The summed E-state index contributed by atoms with van der Waals surface area (Å²) >= 11 is 1.14. The van der Waals surface area contributed by atoms with Crippen LogP contribution in [0.1, 0.15) is 52.4 Å². The number of para-hydroxylation sites is 1. The minimum absolute atomic E-state index is 0.139. The number of halogens is 3. The minimum Gasteiger partial charge on any atom is -0.293 e. The first-order valence-corrected chi connectivity index (χ1v) is 11.1. The van der Waals surface area contributed by atoms with E-state index in [1.807, 2.05) is 6.07 Å². The molecule has 5 nitrogen and oxygen atoms in total. The normalized spacial score (nSPS) is 17.8. The highest BCUT2D eigenvalue weighted by molar-refractivity contribution is 7.22. The van der Waals surface area contributed by atoms with E-state index in [1.165, 1.54) is 0 Å². The number of thiazole rings is 1. The van der Waals surface area contributed by atoms with E-state index in [4.69, 9.17) is 0 Å². The summed E-state index contributed by atoms with van der Waals surface area (Å²) in [5, 5.41) is 4.60. The van der Waals surface area contributed by atoms with Gasteiger partial charge in [-0.2, -0.15) is 23.3 Å². The van der Waals surface area contributed by atoms with Crippen molar-refractivity contribution in [3.63, 3.8) is 0 Å². The lowest BCUT2D eigenvalue weighted by molar-refractivity contribution is -0.119. The van der Waals surface area contributed by atoms with Gasteiger partial charge in [0.1, 0.15) is 5.92 Å². The number of nitrogens with zero attached hydrogens (tertiary/aromatic N) is 4. The Bertz CT molecular complexity index is 918. The Morgan fingerprint density at radius 1 is 1.17 bits per heavy atom. The first-order valence-electron chi connectivity index (χ1n) is 10.2. The molecule has 1 aliphatic heterocycles. The standard InChI is InChI=1S/C21H25F3N4OS/c1-3-5-6-7-10-13-25-14(4-2)17-18(21(22,23)24)27-28(19(17)29)20-26-15-11-8-9-12-16(15)30-20/h8-9,11-12,17H,3-7,10,13H2,1-2H3. The Labute approximate surface area is 177 Å². The van der Waals surface area contributed by atoms with Gasteiger partial charge < -0.3 is 0 Å². The first-order chi connectivity index (χ1) is 14.4. The number of rotatable bonds is 9. The number of unbranched alkanes of at least 4 members (excludes halogenated alkanes) is 4. The monoisotopic (exact) mass is 438 g/mol. The van der Waals surface area contributed by atoms with Gasteiger partial charge in [-0.1, -0.05) is 63.0 Å². The summed E-state index contributed by atoms with van der Waals surface area (Å²) in [6, 6.07) is 7.15. The van der Waals surface area contributed by atoms with Crippen molar-refractivity contribution in [2.24, 2.45) is 16.0 Å². The molecule has 0 N–H and O–H groups in total. The Kier molecular flexibility index (Phi) is 7.23. The number of carbonyl (C=O) groups excluding carboxylic acids is 1. The highest BCUT2D eigenvalue weighted by atomic mass is 32.1. The van der Waals surface area contributed by atoms with Gasteiger partial charge >= 0.3 is 6.18 Å². The van der Waals surface area contributed by atoms with E-state index in [2.05, 4.69) is 22.0 Å². The number of benzene rings is 1. The van der Waals surface area contributed by atoms with Crippen LogP contribution in [0.5, 0.6) is 0 Å². The van der Waals surface area contributed by atoms with Crippen LogP contribution in [0.2, 0.25) is 0 Å². The summed E-state index contributed by atoms with van der Waals surface area (Å²) < 4.78 is 41.9. The topological polar surface area (TPSA) is 57.9 Å². The van der Waals surface area contributed by atoms with Crippen molar-refractivity contribution in [3.8, 4) is 0 Å². The second kappa shape index (κ2) is 9.68. The van der Waals surface area contributed by atoms with Crippen molar-refractivity contribution >= 4 is 44.0 Å². The fourth-order valence-electron chi connectivity index (χ4n) is 3.41. The van der Waals surface area contributed by atoms with Gasteiger partial charge in [0.05, 0.1) is 10.2 Å². The molecule has 1 atom stereocenters. The number of hydrogen-bond acceptors (Lipinski definition) is 5. The summed E-state index contributed by atoms with van der Waals surface area (Å²) in [4.78, 5) is 21.7. The lowest BCUT2D eigenvalue weighted by Crippen LogP contribution is -2.38. The van der Waals surface area contributed by atoms with Crippen LogP contribution in [0.15, 0.2) is 34.4 Å². The predicted molar refractivity (Wildman–Crippen MR) is 115 cm³/mol. The molecule has 1 unspecified atom stereocenters. The van der Waals surface area contributed by atoms with Crippen LogP contribution in [-0.2, 0) is 4.79 Å². The number of amides is 1. The second-order valence-corrected chi connectivity index (χ2v) is 8.18. The van der Waals surface area contributed by atoms with Gasteiger partial charge in [-0.25, -0.2) is 4.98 Å². The molecule has 9 heteroatoms. The van der Waals surface area contributed by atoms with Crippen LogP contribution in [-0.4, -0.2) is 35.0 Å². The molecule has 2 aromatic rings. The number of hydrazone groups is 1. The van der Waals surface area contributed by atoms with Crippen LogP contribution in [0.3, 0.4) is 0 Å². The number of anilines is 1. The number of aromatic nitrogens is 1. The van der Waals surface area contributed by atoms with Gasteiger partial charge in [0.25, 0.3) is 5.91 Å². The van der Waals surface area contributed by atoms with Gasteiger partial charge in [-0.05, 0) is 25.0 Å². The molecule has 2 heterocycles. The van der Waals surface area contributed by atoms with Crippen molar-refractivity contribution in [1.82, 2.24) is 4.98 Å². The highest BCUT2D eigenvalue weighted by Crippen LogP contribution is 2.36. The number of fused-ring (bicyclic) bond motifs is 1. The summed E-state index contributed by atoms with van der Waals surface area (Å²) in [7, 11) is 0. The van der Waals surface area contributed by atoms with Crippen LogP contribution in [0.25, 0.3) is 10.2 Å². The van der Waals surface area contributed by atoms with E-state index in [-0.39, 0.29) is 17.3 Å². The molecule has 1 aromatic heterocycles. The quantitative estimate of drug-likeness (QED) is 0.356. The largest absolute Gasteiger partial charge is 0.432 e. The molecule has 0 bridgehead atoms. The zero-order valence-electron chi connectivity index (χ0n) is 17.1. The molecule has 1 aromatic carbocycles. The van der Waals surface area contributed by atoms with Gasteiger partial charge in [-0.3, -0.25) is 9.79 Å². The van der Waals surface area contributed by atoms with Crippen LogP contribution < -0.4 is 5.01 Å². The third-order valence-electron chi connectivity index (χ3n) is 4.96. The summed E-state index contributed by atoms with van der Waals surface area (Å²) in [6.45, 7) is 4.26. The zero-order valence-corrected chi connectivity index (χ0v) is 17.9. The third kappa shape index (κ3) is 4.88. The van der Waals surface area contributed by atoms with Gasteiger partial charge in [-0.15, -0.1) is 0 Å². The molecular weight excluding hydrogens is 413 g/mol. The molecule has 3 rings (SSSR count). The van der Waals surface area contributed by atoms with Gasteiger partial charge in [0, 0.05) is 12.3 Å². The maximum absolute atomic E-state index is 13.7. The Hall–Kier alpha value is -2.29. The first kappa shape index (κ1) is 22.4. The Morgan fingerprint density at radius 3 is 2.57 bits per heavy atom. The number of hydrogen-bond donors (Lipinski definition) is 0. The smallest absolute Gasteiger partial charge is 0.293 e. The van der Waals surface area contributed by atoms with E-state index in [0.29, 0.717) is 12.1 Å². The van der Waals surface area contributed by atoms with E-state index >= 15 is 0 Å². The number of alkyl halides is 3. The number of carbonyl (C=O) groups is 1. The van der Waals surface area contributed by atoms with Gasteiger partial charge in [0.2, 0.25) is 5.13 Å². The van der Waals surface area contributed by atoms with Crippen LogP contribution in [0, 0.1) is 5.92 Å². The third-order valence-corrected chi connectivity index (χ3v) is 5.98. The summed E-state index contributed by atoms with van der Waals surface area (Å²) in [5.74, 6) is -2.24.